The normalized spacial score (nSPS) is 11.5. The van der Waals surface area contributed by atoms with Gasteiger partial charge in [-0.15, -0.1) is 5.10 Å². The van der Waals surface area contributed by atoms with Crippen LogP contribution in [0.5, 0.6) is 0 Å². The average Bonchev–Trinajstić information content (AvgIpc) is 3.16. The summed E-state index contributed by atoms with van der Waals surface area (Å²) >= 11 is 0. The van der Waals surface area contributed by atoms with E-state index in [0.29, 0.717) is 11.1 Å². The molecule has 1 aromatic heterocycles. The molecule has 9 nitrogen and oxygen atoms in total. The van der Waals surface area contributed by atoms with Crippen molar-refractivity contribution in [2.45, 2.75) is 4.90 Å². The highest BCUT2D eigenvalue weighted by Crippen LogP contribution is 2.23. The summed E-state index contributed by atoms with van der Waals surface area (Å²) in [6.45, 7) is 0. The molecule has 0 aliphatic carbocycles. The van der Waals surface area contributed by atoms with Crippen molar-refractivity contribution in [3.63, 3.8) is 0 Å². The molecule has 0 saturated heterocycles. The third-order valence-corrected chi connectivity index (χ3v) is 6.00. The second kappa shape index (κ2) is 8.02. The number of aromatic nitrogens is 2. The lowest BCUT2D eigenvalue weighted by molar-refractivity contribution is 0.102. The fourth-order valence-electron chi connectivity index (χ4n) is 2.45. The minimum atomic E-state index is -3.52. The molecule has 3 rings (SSSR count). The summed E-state index contributed by atoms with van der Waals surface area (Å²) in [6, 6.07) is 13.1. The van der Waals surface area contributed by atoms with Gasteiger partial charge in [-0.25, -0.2) is 12.7 Å². The van der Waals surface area contributed by atoms with Gasteiger partial charge in [0.1, 0.15) is 0 Å². The number of carbonyl (C=O) groups is 1. The van der Waals surface area contributed by atoms with Gasteiger partial charge in [0.2, 0.25) is 15.9 Å². The van der Waals surface area contributed by atoms with E-state index in [0.717, 1.165) is 9.99 Å². The van der Waals surface area contributed by atoms with E-state index in [4.69, 9.17) is 4.42 Å². The number of carbonyl (C=O) groups excluding carboxylic acids is 1. The SMILES string of the molecule is CN(C)c1ccc(C(=O)Nc2nnc(-c3ccc(S(=O)(=O)N(C)C)cc3)o2)cc1. The second-order valence-electron chi connectivity index (χ2n) is 6.62. The molecule has 1 amide bonds. The van der Waals surface area contributed by atoms with Crippen LogP contribution in [0.4, 0.5) is 11.7 Å². The topological polar surface area (TPSA) is 109 Å². The maximum atomic E-state index is 12.3. The summed E-state index contributed by atoms with van der Waals surface area (Å²) in [6.07, 6.45) is 0. The van der Waals surface area contributed by atoms with Gasteiger partial charge in [0.05, 0.1) is 4.90 Å². The summed E-state index contributed by atoms with van der Waals surface area (Å²) in [7, 11) is 3.23. The quantitative estimate of drug-likeness (QED) is 0.658. The number of sulfonamides is 1. The Morgan fingerprint density at radius 2 is 1.55 bits per heavy atom. The lowest BCUT2D eigenvalue weighted by atomic mass is 10.2. The second-order valence-corrected chi connectivity index (χ2v) is 8.77. The molecule has 2 aromatic carbocycles. The van der Waals surface area contributed by atoms with E-state index >= 15 is 0 Å². The molecule has 1 N–H and O–H groups in total. The Bertz CT molecular complexity index is 1100. The number of nitrogens with one attached hydrogen (secondary N) is 1. The molecule has 0 aliphatic heterocycles. The van der Waals surface area contributed by atoms with E-state index in [-0.39, 0.29) is 22.7 Å². The minimum Gasteiger partial charge on any atom is -0.403 e. The molecule has 0 aliphatic rings. The van der Waals surface area contributed by atoms with Crippen LogP contribution >= 0.6 is 0 Å². The monoisotopic (exact) mass is 415 g/mol. The molecular formula is C19H21N5O4S. The van der Waals surface area contributed by atoms with Crippen LogP contribution in [0.2, 0.25) is 0 Å². The van der Waals surface area contributed by atoms with Crippen molar-refractivity contribution in [3.8, 4) is 11.5 Å². The minimum absolute atomic E-state index is 0.0494. The summed E-state index contributed by atoms with van der Waals surface area (Å²) in [5, 5.41) is 10.3. The summed E-state index contributed by atoms with van der Waals surface area (Å²) in [5.74, 6) is -0.213. The number of benzene rings is 2. The Morgan fingerprint density at radius 3 is 2.10 bits per heavy atom. The van der Waals surface area contributed by atoms with Crippen LogP contribution in [0.25, 0.3) is 11.5 Å². The maximum absolute atomic E-state index is 12.3. The first-order valence-corrected chi connectivity index (χ1v) is 10.1. The van der Waals surface area contributed by atoms with Gasteiger partial charge in [-0.3, -0.25) is 10.1 Å². The highest BCUT2D eigenvalue weighted by molar-refractivity contribution is 7.89. The molecule has 152 valence electrons. The molecule has 0 fully saturated rings. The van der Waals surface area contributed by atoms with Crippen LogP contribution < -0.4 is 10.2 Å². The van der Waals surface area contributed by atoms with E-state index in [1.165, 1.54) is 26.2 Å². The summed E-state index contributed by atoms with van der Waals surface area (Å²) in [5.41, 5.74) is 1.96. The number of hydrogen-bond acceptors (Lipinski definition) is 7. The van der Waals surface area contributed by atoms with Gasteiger partial charge in [-0.1, -0.05) is 5.10 Å². The molecule has 0 unspecified atom stereocenters. The van der Waals surface area contributed by atoms with E-state index in [1.807, 2.05) is 31.1 Å². The zero-order valence-electron chi connectivity index (χ0n) is 16.4. The lowest BCUT2D eigenvalue weighted by Crippen LogP contribution is -2.22. The van der Waals surface area contributed by atoms with E-state index in [9.17, 15) is 13.2 Å². The van der Waals surface area contributed by atoms with E-state index in [2.05, 4.69) is 15.5 Å². The third kappa shape index (κ3) is 4.44. The standard InChI is InChI=1S/C19H21N5O4S/c1-23(2)15-9-5-13(6-10-15)17(25)20-19-22-21-18(28-19)14-7-11-16(12-8-14)29(26,27)24(3)4/h5-12H,1-4H3,(H,20,22,25). The molecule has 10 heteroatoms. The Labute approximate surface area is 169 Å². The fraction of sp³-hybridized carbons (Fsp3) is 0.211. The number of hydrogen-bond donors (Lipinski definition) is 1. The Morgan fingerprint density at radius 1 is 0.931 bits per heavy atom. The number of anilines is 2. The van der Waals surface area contributed by atoms with Gasteiger partial charge in [-0.05, 0) is 48.5 Å². The van der Waals surface area contributed by atoms with Crippen LogP contribution in [0, 0.1) is 0 Å². The predicted molar refractivity (Wildman–Crippen MR) is 109 cm³/mol. The van der Waals surface area contributed by atoms with Gasteiger partial charge >= 0.3 is 6.01 Å². The first-order valence-electron chi connectivity index (χ1n) is 8.63. The van der Waals surface area contributed by atoms with E-state index in [1.54, 1.807) is 24.3 Å². The Hall–Kier alpha value is -3.24. The zero-order chi connectivity index (χ0) is 21.2. The molecule has 0 radical (unpaired) electrons. The van der Waals surface area contributed by atoms with Crippen molar-refractivity contribution in [1.82, 2.24) is 14.5 Å². The molecular weight excluding hydrogens is 394 g/mol. The molecule has 0 atom stereocenters. The van der Waals surface area contributed by atoms with Crippen LogP contribution in [-0.4, -0.2) is 57.0 Å². The van der Waals surface area contributed by atoms with Crippen LogP contribution in [0.15, 0.2) is 57.8 Å². The van der Waals surface area contributed by atoms with Crippen LogP contribution in [0.3, 0.4) is 0 Å². The van der Waals surface area contributed by atoms with Crippen molar-refractivity contribution in [2.75, 3.05) is 38.4 Å². The van der Waals surface area contributed by atoms with Crippen molar-refractivity contribution in [3.05, 3.63) is 54.1 Å². The smallest absolute Gasteiger partial charge is 0.322 e. The first kappa shape index (κ1) is 20.5. The van der Waals surface area contributed by atoms with Crippen molar-refractivity contribution in [1.29, 1.82) is 0 Å². The van der Waals surface area contributed by atoms with Gasteiger partial charge in [0.15, 0.2) is 0 Å². The highest BCUT2D eigenvalue weighted by Gasteiger charge is 2.18. The van der Waals surface area contributed by atoms with Crippen LogP contribution in [-0.2, 0) is 10.0 Å². The predicted octanol–water partition coefficient (Wildman–Crippen LogP) is 2.31. The molecule has 3 aromatic rings. The van der Waals surface area contributed by atoms with Crippen molar-refractivity contribution >= 4 is 27.6 Å². The number of rotatable bonds is 6. The third-order valence-electron chi connectivity index (χ3n) is 4.17. The van der Waals surface area contributed by atoms with Crippen molar-refractivity contribution < 1.29 is 17.6 Å². The molecule has 0 spiro atoms. The van der Waals surface area contributed by atoms with Crippen LogP contribution in [0.1, 0.15) is 10.4 Å². The van der Waals surface area contributed by atoms with E-state index < -0.39 is 10.0 Å². The largest absolute Gasteiger partial charge is 0.403 e. The van der Waals surface area contributed by atoms with Gasteiger partial charge in [-0.2, -0.15) is 0 Å². The fourth-order valence-corrected chi connectivity index (χ4v) is 3.35. The Balaban J connectivity index is 1.73. The number of nitrogens with zero attached hydrogens (tertiary/aromatic N) is 4. The molecule has 0 saturated carbocycles. The summed E-state index contributed by atoms with van der Waals surface area (Å²) in [4.78, 5) is 14.4. The number of amides is 1. The summed E-state index contributed by atoms with van der Waals surface area (Å²) < 4.78 is 30.9. The van der Waals surface area contributed by atoms with Gasteiger partial charge in [0.25, 0.3) is 5.91 Å². The zero-order valence-corrected chi connectivity index (χ0v) is 17.3. The Kier molecular flexibility index (Phi) is 5.66. The average molecular weight is 415 g/mol. The highest BCUT2D eigenvalue weighted by atomic mass is 32.2. The molecule has 0 bridgehead atoms. The van der Waals surface area contributed by atoms with Crippen molar-refractivity contribution in [2.24, 2.45) is 0 Å². The van der Waals surface area contributed by atoms with Gasteiger partial charge in [0, 0.05) is 45.0 Å². The first-order chi connectivity index (χ1) is 13.7. The molecule has 29 heavy (non-hydrogen) atoms. The maximum Gasteiger partial charge on any atom is 0.322 e. The van der Waals surface area contributed by atoms with Gasteiger partial charge < -0.3 is 9.32 Å². The lowest BCUT2D eigenvalue weighted by Gasteiger charge is -2.12. The molecule has 1 heterocycles.